The molecule has 0 bridgehead atoms. The third kappa shape index (κ3) is 2.51. The quantitative estimate of drug-likeness (QED) is 0.894. The average Bonchev–Trinajstić information content (AvgIpc) is 2.44. The van der Waals surface area contributed by atoms with E-state index in [9.17, 15) is 0 Å². The minimum atomic E-state index is 0.399. The van der Waals surface area contributed by atoms with Crippen molar-refractivity contribution in [3.8, 4) is 0 Å². The van der Waals surface area contributed by atoms with Gasteiger partial charge < -0.3 is 15.1 Å². The van der Waals surface area contributed by atoms with Gasteiger partial charge in [-0.25, -0.2) is 0 Å². The Morgan fingerprint density at radius 2 is 1.95 bits per heavy atom. The molecule has 1 aromatic rings. The van der Waals surface area contributed by atoms with Crippen LogP contribution in [0.3, 0.4) is 0 Å². The predicted molar refractivity (Wildman–Crippen MR) is 86.7 cm³/mol. The molecule has 1 saturated heterocycles. The molecular formula is C17H27N3. The van der Waals surface area contributed by atoms with Crippen molar-refractivity contribution in [1.82, 2.24) is 5.32 Å². The summed E-state index contributed by atoms with van der Waals surface area (Å²) >= 11 is 0. The van der Waals surface area contributed by atoms with Gasteiger partial charge in [-0.3, -0.25) is 0 Å². The molecule has 0 saturated carbocycles. The molecule has 2 heterocycles. The van der Waals surface area contributed by atoms with Gasteiger partial charge in [-0.15, -0.1) is 0 Å². The van der Waals surface area contributed by atoms with Gasteiger partial charge in [0.05, 0.1) is 11.4 Å². The third-order valence-corrected chi connectivity index (χ3v) is 5.07. The summed E-state index contributed by atoms with van der Waals surface area (Å²) in [6.45, 7) is 9.35. The minimum Gasteiger partial charge on any atom is -0.371 e. The van der Waals surface area contributed by atoms with Crippen LogP contribution in [0.15, 0.2) is 24.3 Å². The maximum Gasteiger partial charge on any atom is 0.0605 e. The summed E-state index contributed by atoms with van der Waals surface area (Å²) in [5, 5.41) is 3.74. The van der Waals surface area contributed by atoms with E-state index in [0.29, 0.717) is 11.5 Å². The smallest absolute Gasteiger partial charge is 0.0605 e. The molecule has 0 aliphatic carbocycles. The van der Waals surface area contributed by atoms with Crippen molar-refractivity contribution < 1.29 is 0 Å². The van der Waals surface area contributed by atoms with E-state index >= 15 is 0 Å². The van der Waals surface area contributed by atoms with Gasteiger partial charge in [-0.05, 0) is 36.9 Å². The fourth-order valence-electron chi connectivity index (χ4n) is 3.56. The molecule has 0 radical (unpaired) electrons. The summed E-state index contributed by atoms with van der Waals surface area (Å²) in [6.07, 6.45) is 2.64. The molecule has 110 valence electrons. The summed E-state index contributed by atoms with van der Waals surface area (Å²) in [4.78, 5) is 4.94. The molecule has 1 aromatic carbocycles. The van der Waals surface area contributed by atoms with Crippen LogP contribution in [0.5, 0.6) is 0 Å². The second-order valence-electron chi connectivity index (χ2n) is 6.96. The van der Waals surface area contributed by atoms with Crippen LogP contribution in [0.2, 0.25) is 0 Å². The Labute approximate surface area is 123 Å². The molecule has 1 fully saturated rings. The zero-order valence-corrected chi connectivity index (χ0v) is 13.0. The number of piperidine rings is 1. The molecule has 0 amide bonds. The first-order chi connectivity index (χ1) is 9.58. The molecule has 3 rings (SSSR count). The number of hydrogen-bond donors (Lipinski definition) is 1. The number of benzene rings is 1. The predicted octanol–water partition coefficient (Wildman–Crippen LogP) is 2.72. The van der Waals surface area contributed by atoms with E-state index in [4.69, 9.17) is 0 Å². The number of nitrogens with zero attached hydrogens (tertiary/aromatic N) is 2. The van der Waals surface area contributed by atoms with E-state index in [-0.39, 0.29) is 0 Å². The van der Waals surface area contributed by atoms with Gasteiger partial charge in [0.15, 0.2) is 0 Å². The van der Waals surface area contributed by atoms with Gasteiger partial charge in [0, 0.05) is 32.7 Å². The Bertz CT molecular complexity index is 469. The van der Waals surface area contributed by atoms with Crippen LogP contribution in [0.4, 0.5) is 11.4 Å². The Kier molecular flexibility index (Phi) is 3.63. The first kappa shape index (κ1) is 13.7. The van der Waals surface area contributed by atoms with Crippen LogP contribution in [-0.4, -0.2) is 39.3 Å². The number of fused-ring (bicyclic) bond motifs is 1. The molecule has 0 aromatic heterocycles. The fourth-order valence-corrected chi connectivity index (χ4v) is 3.56. The van der Waals surface area contributed by atoms with Crippen LogP contribution < -0.4 is 15.1 Å². The van der Waals surface area contributed by atoms with Gasteiger partial charge in [0.25, 0.3) is 0 Å². The molecule has 20 heavy (non-hydrogen) atoms. The second kappa shape index (κ2) is 5.28. The van der Waals surface area contributed by atoms with E-state index in [1.165, 1.54) is 30.8 Å². The van der Waals surface area contributed by atoms with Crippen molar-refractivity contribution in [1.29, 1.82) is 0 Å². The molecular weight excluding hydrogens is 246 g/mol. The van der Waals surface area contributed by atoms with Gasteiger partial charge in [-0.1, -0.05) is 26.0 Å². The second-order valence-corrected chi connectivity index (χ2v) is 6.96. The Balaban J connectivity index is 1.80. The van der Waals surface area contributed by atoms with Crippen LogP contribution >= 0.6 is 0 Å². The zero-order chi connectivity index (χ0) is 14.2. The number of likely N-dealkylation sites (N-methyl/N-ethyl adjacent to an activating group) is 1. The fraction of sp³-hybridized carbons (Fsp3) is 0.647. The first-order valence-electron chi connectivity index (χ1n) is 7.86. The molecule has 1 N–H and O–H groups in total. The maximum atomic E-state index is 3.74. The number of hydrogen-bond acceptors (Lipinski definition) is 3. The van der Waals surface area contributed by atoms with Gasteiger partial charge in [-0.2, -0.15) is 0 Å². The highest BCUT2D eigenvalue weighted by Crippen LogP contribution is 2.35. The summed E-state index contributed by atoms with van der Waals surface area (Å²) in [5.74, 6) is 0. The van der Waals surface area contributed by atoms with Crippen molar-refractivity contribution >= 4 is 11.4 Å². The average molecular weight is 273 g/mol. The standard InChI is InChI=1S/C17H27N3/c1-17(2)9-6-10-18-16(17)13-20-12-11-19(3)14-7-4-5-8-15(14)20/h4-5,7-8,16,18H,6,9-13H2,1-3H3. The van der Waals surface area contributed by atoms with E-state index in [2.05, 4.69) is 60.3 Å². The number of para-hydroxylation sites is 2. The highest BCUT2D eigenvalue weighted by atomic mass is 15.3. The lowest BCUT2D eigenvalue weighted by molar-refractivity contribution is 0.182. The summed E-state index contributed by atoms with van der Waals surface area (Å²) in [5.41, 5.74) is 3.16. The molecule has 1 atom stereocenters. The van der Waals surface area contributed by atoms with E-state index in [1.807, 2.05) is 0 Å². The topological polar surface area (TPSA) is 18.5 Å². The molecule has 1 unspecified atom stereocenters. The third-order valence-electron chi connectivity index (χ3n) is 5.07. The molecule has 2 aliphatic heterocycles. The van der Waals surface area contributed by atoms with Gasteiger partial charge in [0.2, 0.25) is 0 Å². The molecule has 2 aliphatic rings. The molecule has 3 heteroatoms. The summed E-state index contributed by atoms with van der Waals surface area (Å²) < 4.78 is 0. The molecule has 0 spiro atoms. The van der Waals surface area contributed by atoms with Crippen LogP contribution in [0.1, 0.15) is 26.7 Å². The van der Waals surface area contributed by atoms with Crippen LogP contribution in [0, 0.1) is 5.41 Å². The Hall–Kier alpha value is -1.22. The number of rotatable bonds is 2. The van der Waals surface area contributed by atoms with E-state index in [1.54, 1.807) is 0 Å². The first-order valence-corrected chi connectivity index (χ1v) is 7.86. The normalized spacial score (nSPS) is 25.4. The lowest BCUT2D eigenvalue weighted by Crippen LogP contribution is -2.54. The van der Waals surface area contributed by atoms with Crippen molar-refractivity contribution in [2.75, 3.05) is 43.0 Å². The Morgan fingerprint density at radius 1 is 1.20 bits per heavy atom. The van der Waals surface area contributed by atoms with Gasteiger partial charge >= 0.3 is 0 Å². The lowest BCUT2D eigenvalue weighted by Gasteiger charge is -2.45. The minimum absolute atomic E-state index is 0.399. The lowest BCUT2D eigenvalue weighted by atomic mass is 9.77. The highest BCUT2D eigenvalue weighted by Gasteiger charge is 2.34. The van der Waals surface area contributed by atoms with Crippen molar-refractivity contribution in [2.45, 2.75) is 32.7 Å². The largest absolute Gasteiger partial charge is 0.371 e. The maximum absolute atomic E-state index is 3.74. The van der Waals surface area contributed by atoms with Crippen molar-refractivity contribution in [3.63, 3.8) is 0 Å². The monoisotopic (exact) mass is 273 g/mol. The number of anilines is 2. The highest BCUT2D eigenvalue weighted by molar-refractivity contribution is 5.73. The van der Waals surface area contributed by atoms with Crippen molar-refractivity contribution in [2.24, 2.45) is 5.41 Å². The molecule has 3 nitrogen and oxygen atoms in total. The summed E-state index contributed by atoms with van der Waals surface area (Å²) in [6, 6.07) is 9.39. The van der Waals surface area contributed by atoms with E-state index in [0.717, 1.165) is 19.6 Å². The number of nitrogens with one attached hydrogen (secondary N) is 1. The Morgan fingerprint density at radius 3 is 2.70 bits per heavy atom. The van der Waals surface area contributed by atoms with Crippen molar-refractivity contribution in [3.05, 3.63) is 24.3 Å². The zero-order valence-electron chi connectivity index (χ0n) is 13.0. The summed E-state index contributed by atoms with van der Waals surface area (Å²) in [7, 11) is 2.19. The SMILES string of the molecule is CN1CCN(CC2NCCCC2(C)C)c2ccccc21. The van der Waals surface area contributed by atoms with E-state index < -0.39 is 0 Å². The van der Waals surface area contributed by atoms with Gasteiger partial charge in [0.1, 0.15) is 0 Å². The van der Waals surface area contributed by atoms with Crippen LogP contribution in [0.25, 0.3) is 0 Å². The van der Waals surface area contributed by atoms with Crippen LogP contribution in [-0.2, 0) is 0 Å².